The molecule has 0 saturated carbocycles. The van der Waals surface area contributed by atoms with E-state index in [2.05, 4.69) is 20.8 Å². The summed E-state index contributed by atoms with van der Waals surface area (Å²) in [5.74, 6) is 0.0468. The molecule has 2 amide bonds. The van der Waals surface area contributed by atoms with Crippen molar-refractivity contribution in [2.24, 2.45) is 5.92 Å². The first-order valence-corrected chi connectivity index (χ1v) is 7.53. The molecule has 0 radical (unpaired) electrons. The highest BCUT2D eigenvalue weighted by Gasteiger charge is 2.17. The Balaban J connectivity index is 1.94. The van der Waals surface area contributed by atoms with E-state index in [0.717, 1.165) is 0 Å². The number of hydrogen-bond donors (Lipinski definition) is 2. The second kappa shape index (κ2) is 8.09. The molecule has 2 aromatic rings. The Hall–Kier alpha value is -2.90. The van der Waals surface area contributed by atoms with Gasteiger partial charge in [-0.15, -0.1) is 0 Å². The maximum atomic E-state index is 12.1. The number of aromatic nitrogens is 2. The summed E-state index contributed by atoms with van der Waals surface area (Å²) in [6, 6.07) is 7.04. The molecular weight excluding hydrogens is 312 g/mol. The lowest BCUT2D eigenvalue weighted by molar-refractivity contribution is -0.115. The zero-order valence-corrected chi connectivity index (χ0v) is 13.8. The van der Waals surface area contributed by atoms with E-state index in [1.54, 1.807) is 24.3 Å². The van der Waals surface area contributed by atoms with Gasteiger partial charge in [0.15, 0.2) is 5.82 Å². The van der Waals surface area contributed by atoms with Crippen LogP contribution in [0.5, 0.6) is 5.75 Å². The molecule has 0 aliphatic carbocycles. The van der Waals surface area contributed by atoms with Crippen LogP contribution in [0, 0.1) is 5.92 Å². The average Bonchev–Trinajstić information content (AvgIpc) is 3.01. The summed E-state index contributed by atoms with van der Waals surface area (Å²) in [5, 5.41) is 9.02. The number of carbonyl (C=O) groups is 2. The molecule has 1 aromatic carbocycles. The van der Waals surface area contributed by atoms with Crippen LogP contribution in [0.25, 0.3) is 0 Å². The minimum Gasteiger partial charge on any atom is -0.495 e. The third-order valence-electron chi connectivity index (χ3n) is 3.03. The Morgan fingerprint density at radius 1 is 1.29 bits per heavy atom. The van der Waals surface area contributed by atoms with Crippen LogP contribution >= 0.6 is 0 Å². The summed E-state index contributed by atoms with van der Waals surface area (Å²) in [4.78, 5) is 27.8. The smallest absolute Gasteiger partial charge is 0.315 e. The third-order valence-corrected chi connectivity index (χ3v) is 3.03. The molecule has 0 aliphatic rings. The molecule has 8 nitrogen and oxygen atoms in total. The van der Waals surface area contributed by atoms with Crippen LogP contribution in [0.3, 0.4) is 0 Å². The molecule has 0 aliphatic heterocycles. The van der Waals surface area contributed by atoms with Crippen molar-refractivity contribution in [3.8, 4) is 5.75 Å². The Kier molecular flexibility index (Phi) is 5.89. The van der Waals surface area contributed by atoms with Crippen molar-refractivity contribution in [1.82, 2.24) is 15.5 Å². The first-order valence-electron chi connectivity index (χ1n) is 7.53. The van der Waals surface area contributed by atoms with E-state index in [9.17, 15) is 9.59 Å². The summed E-state index contributed by atoms with van der Waals surface area (Å²) in [7, 11) is 1.52. The maximum Gasteiger partial charge on any atom is 0.315 e. The van der Waals surface area contributed by atoms with Gasteiger partial charge in [0.05, 0.1) is 19.2 Å². The van der Waals surface area contributed by atoms with Crippen molar-refractivity contribution in [3.63, 3.8) is 0 Å². The van der Waals surface area contributed by atoms with Crippen LogP contribution in [0.1, 0.15) is 30.4 Å². The quantitative estimate of drug-likeness (QED) is 0.798. The number of carbonyl (C=O) groups excluding carboxylic acids is 2. The van der Waals surface area contributed by atoms with Crippen molar-refractivity contribution < 1.29 is 18.8 Å². The van der Waals surface area contributed by atoms with Gasteiger partial charge in [-0.25, -0.2) is 0 Å². The van der Waals surface area contributed by atoms with Gasteiger partial charge in [0.1, 0.15) is 5.75 Å². The van der Waals surface area contributed by atoms with Crippen molar-refractivity contribution >= 4 is 17.5 Å². The van der Waals surface area contributed by atoms with Gasteiger partial charge in [0, 0.05) is 6.54 Å². The number of methoxy groups -OCH3 is 1. The number of hydrogen-bond acceptors (Lipinski definition) is 6. The van der Waals surface area contributed by atoms with Crippen LogP contribution in [0.4, 0.5) is 5.69 Å². The summed E-state index contributed by atoms with van der Waals surface area (Å²) in [6.07, 6.45) is -0.112. The largest absolute Gasteiger partial charge is 0.495 e. The van der Waals surface area contributed by atoms with E-state index in [-0.39, 0.29) is 24.0 Å². The van der Waals surface area contributed by atoms with Gasteiger partial charge in [-0.05, 0) is 18.1 Å². The Morgan fingerprint density at radius 2 is 2.04 bits per heavy atom. The number of nitrogens with one attached hydrogen (secondary N) is 2. The molecule has 8 heteroatoms. The fourth-order valence-corrected chi connectivity index (χ4v) is 1.88. The first kappa shape index (κ1) is 17.5. The number of nitrogens with zero attached hydrogens (tertiary/aromatic N) is 2. The van der Waals surface area contributed by atoms with E-state index in [1.165, 1.54) is 7.11 Å². The molecule has 0 spiro atoms. The van der Waals surface area contributed by atoms with Crippen LogP contribution < -0.4 is 15.4 Å². The summed E-state index contributed by atoms with van der Waals surface area (Å²) >= 11 is 0. The molecule has 128 valence electrons. The van der Waals surface area contributed by atoms with E-state index < -0.39 is 5.91 Å². The maximum absolute atomic E-state index is 12.1. The number of benzene rings is 1. The molecule has 2 N–H and O–H groups in total. The normalized spacial score (nSPS) is 10.5. The van der Waals surface area contributed by atoms with E-state index in [4.69, 9.17) is 9.26 Å². The predicted octanol–water partition coefficient (Wildman–Crippen LogP) is 1.65. The van der Waals surface area contributed by atoms with Gasteiger partial charge in [-0.3, -0.25) is 9.59 Å². The lowest BCUT2D eigenvalue weighted by Crippen LogP contribution is -2.27. The average molecular weight is 332 g/mol. The number of ether oxygens (including phenoxy) is 1. The second-order valence-corrected chi connectivity index (χ2v) is 5.54. The molecule has 0 bridgehead atoms. The Morgan fingerprint density at radius 3 is 2.75 bits per heavy atom. The standard InChI is InChI=1S/C16H20N4O4/c1-10(2)9-17-15(22)16-19-13(20-24-16)8-14(21)18-11-6-4-5-7-12(11)23-3/h4-7,10H,8-9H2,1-3H3,(H,17,22)(H,18,21). The minimum atomic E-state index is -0.451. The van der Waals surface area contributed by atoms with Crippen LogP contribution in [0.2, 0.25) is 0 Å². The van der Waals surface area contributed by atoms with Crippen molar-refractivity contribution in [2.45, 2.75) is 20.3 Å². The van der Waals surface area contributed by atoms with Gasteiger partial charge in [0.2, 0.25) is 5.91 Å². The Bertz CT molecular complexity index is 712. The number of anilines is 1. The van der Waals surface area contributed by atoms with Crippen molar-refractivity contribution in [1.29, 1.82) is 0 Å². The van der Waals surface area contributed by atoms with Gasteiger partial charge in [-0.2, -0.15) is 4.98 Å². The molecular formula is C16H20N4O4. The van der Waals surface area contributed by atoms with E-state index >= 15 is 0 Å². The summed E-state index contributed by atoms with van der Waals surface area (Å²) < 4.78 is 10.0. The molecule has 0 atom stereocenters. The van der Waals surface area contributed by atoms with E-state index in [0.29, 0.717) is 23.9 Å². The summed E-state index contributed by atoms with van der Waals surface area (Å²) in [5.41, 5.74) is 0.545. The number of rotatable bonds is 7. The highest BCUT2D eigenvalue weighted by atomic mass is 16.5. The molecule has 24 heavy (non-hydrogen) atoms. The van der Waals surface area contributed by atoms with Gasteiger partial charge < -0.3 is 19.9 Å². The zero-order valence-electron chi connectivity index (χ0n) is 13.8. The van der Waals surface area contributed by atoms with Crippen LogP contribution in [-0.2, 0) is 11.2 Å². The first-order chi connectivity index (χ1) is 11.5. The van der Waals surface area contributed by atoms with Crippen LogP contribution in [0.15, 0.2) is 28.8 Å². The molecule has 1 aromatic heterocycles. The molecule has 0 saturated heterocycles. The van der Waals surface area contributed by atoms with Gasteiger partial charge >= 0.3 is 11.8 Å². The molecule has 2 rings (SSSR count). The van der Waals surface area contributed by atoms with Gasteiger partial charge in [0.25, 0.3) is 0 Å². The predicted molar refractivity (Wildman–Crippen MR) is 86.8 cm³/mol. The third kappa shape index (κ3) is 4.80. The van der Waals surface area contributed by atoms with Gasteiger partial charge in [-0.1, -0.05) is 31.1 Å². The van der Waals surface area contributed by atoms with E-state index in [1.807, 2.05) is 13.8 Å². The molecule has 0 fully saturated rings. The minimum absolute atomic E-state index is 0.112. The molecule has 0 unspecified atom stereocenters. The topological polar surface area (TPSA) is 106 Å². The highest BCUT2D eigenvalue weighted by molar-refractivity contribution is 5.93. The van der Waals surface area contributed by atoms with Crippen molar-refractivity contribution in [3.05, 3.63) is 36.0 Å². The number of para-hydroxylation sites is 2. The lowest BCUT2D eigenvalue weighted by atomic mass is 10.2. The lowest BCUT2D eigenvalue weighted by Gasteiger charge is -2.08. The fraction of sp³-hybridized carbons (Fsp3) is 0.375. The Labute approximate surface area is 139 Å². The highest BCUT2D eigenvalue weighted by Crippen LogP contribution is 2.22. The summed E-state index contributed by atoms with van der Waals surface area (Å²) in [6.45, 7) is 4.45. The fourth-order valence-electron chi connectivity index (χ4n) is 1.88. The molecule has 1 heterocycles. The number of amides is 2. The van der Waals surface area contributed by atoms with Crippen LogP contribution in [-0.4, -0.2) is 35.6 Å². The SMILES string of the molecule is COc1ccccc1NC(=O)Cc1noc(C(=O)NCC(C)C)n1. The zero-order chi connectivity index (χ0) is 17.5. The second-order valence-electron chi connectivity index (χ2n) is 5.54. The van der Waals surface area contributed by atoms with Crippen molar-refractivity contribution in [2.75, 3.05) is 19.0 Å². The monoisotopic (exact) mass is 332 g/mol.